The van der Waals surface area contributed by atoms with Crippen molar-refractivity contribution in [2.45, 2.75) is 17.7 Å². The average molecular weight is 373 g/mol. The zero-order valence-corrected chi connectivity index (χ0v) is 14.1. The van der Waals surface area contributed by atoms with Crippen molar-refractivity contribution in [2.24, 2.45) is 0 Å². The lowest BCUT2D eigenvalue weighted by atomic mass is 10.3. The van der Waals surface area contributed by atoms with Crippen LogP contribution in [0.2, 0.25) is 5.02 Å². The SMILES string of the molecule is O=S(=O)(CCl)Nc1cc(S(=O)(=O)N2CCCC2)ccc1Cl. The van der Waals surface area contributed by atoms with Gasteiger partial charge in [0.2, 0.25) is 20.0 Å². The number of hydrogen-bond donors (Lipinski definition) is 1. The highest BCUT2D eigenvalue weighted by Gasteiger charge is 2.28. The normalized spacial score (nSPS) is 17.0. The van der Waals surface area contributed by atoms with Crippen LogP contribution in [0.4, 0.5) is 5.69 Å². The number of nitrogens with one attached hydrogen (secondary N) is 1. The molecule has 1 aliphatic rings. The van der Waals surface area contributed by atoms with Gasteiger partial charge in [-0.1, -0.05) is 11.6 Å². The van der Waals surface area contributed by atoms with E-state index < -0.39 is 25.3 Å². The van der Waals surface area contributed by atoms with Gasteiger partial charge in [-0.15, -0.1) is 11.6 Å². The molecule has 1 aliphatic heterocycles. The van der Waals surface area contributed by atoms with Gasteiger partial charge in [-0.05, 0) is 31.0 Å². The molecule has 2 rings (SSSR count). The Morgan fingerprint density at radius 2 is 1.76 bits per heavy atom. The molecular weight excluding hydrogens is 359 g/mol. The summed E-state index contributed by atoms with van der Waals surface area (Å²) in [6.07, 6.45) is 1.64. The van der Waals surface area contributed by atoms with E-state index in [9.17, 15) is 16.8 Å². The Bertz CT molecular complexity index is 729. The van der Waals surface area contributed by atoms with Crippen LogP contribution in [0.1, 0.15) is 12.8 Å². The van der Waals surface area contributed by atoms with Crippen molar-refractivity contribution in [3.05, 3.63) is 23.2 Å². The summed E-state index contributed by atoms with van der Waals surface area (Å²) in [5.41, 5.74) is -0.00223. The minimum atomic E-state index is -3.75. The number of hydrogen-bond acceptors (Lipinski definition) is 4. The Morgan fingerprint density at radius 1 is 1.14 bits per heavy atom. The molecule has 21 heavy (non-hydrogen) atoms. The Morgan fingerprint density at radius 3 is 2.33 bits per heavy atom. The summed E-state index contributed by atoms with van der Waals surface area (Å²) in [4.78, 5) is 0.000993. The van der Waals surface area contributed by atoms with E-state index in [4.69, 9.17) is 23.2 Å². The summed E-state index contributed by atoms with van der Waals surface area (Å²) in [5, 5.41) is -0.545. The molecule has 0 aliphatic carbocycles. The van der Waals surface area contributed by atoms with Gasteiger partial charge in [-0.2, -0.15) is 4.31 Å². The van der Waals surface area contributed by atoms with Gasteiger partial charge in [-0.25, -0.2) is 16.8 Å². The van der Waals surface area contributed by atoms with Crippen molar-refractivity contribution in [3.63, 3.8) is 0 Å². The first-order valence-electron chi connectivity index (χ1n) is 6.12. The second kappa shape index (κ2) is 6.29. The van der Waals surface area contributed by atoms with E-state index >= 15 is 0 Å². The van der Waals surface area contributed by atoms with E-state index in [-0.39, 0.29) is 15.6 Å². The summed E-state index contributed by atoms with van der Waals surface area (Å²) < 4.78 is 51.3. The quantitative estimate of drug-likeness (QED) is 0.801. The number of nitrogens with zero attached hydrogens (tertiary/aromatic N) is 1. The molecule has 0 amide bonds. The van der Waals surface area contributed by atoms with Gasteiger partial charge in [0.15, 0.2) is 0 Å². The summed E-state index contributed by atoms with van der Waals surface area (Å²) in [6.45, 7) is 0.932. The third-order valence-corrected chi connectivity index (χ3v) is 6.95. The number of halogens is 2. The van der Waals surface area contributed by atoms with E-state index in [1.54, 1.807) is 0 Å². The Hall–Kier alpha value is -0.540. The van der Waals surface area contributed by atoms with Crippen LogP contribution in [-0.2, 0) is 20.0 Å². The minimum Gasteiger partial charge on any atom is -0.281 e. The van der Waals surface area contributed by atoms with E-state index in [2.05, 4.69) is 4.72 Å². The lowest BCUT2D eigenvalue weighted by Gasteiger charge is -2.16. The van der Waals surface area contributed by atoms with E-state index in [1.165, 1.54) is 22.5 Å². The first kappa shape index (κ1) is 16.8. The van der Waals surface area contributed by atoms with Gasteiger partial charge < -0.3 is 0 Å². The fourth-order valence-electron chi connectivity index (χ4n) is 2.02. The van der Waals surface area contributed by atoms with E-state index in [1.807, 2.05) is 0 Å². The molecule has 0 spiro atoms. The van der Waals surface area contributed by atoms with Gasteiger partial charge in [0.25, 0.3) is 0 Å². The number of benzene rings is 1. The molecule has 0 bridgehead atoms. The van der Waals surface area contributed by atoms with Gasteiger partial charge in [-0.3, -0.25) is 4.72 Å². The lowest BCUT2D eigenvalue weighted by Crippen LogP contribution is -2.28. The predicted molar refractivity (Wildman–Crippen MR) is 82.7 cm³/mol. The van der Waals surface area contributed by atoms with Crippen molar-refractivity contribution >= 4 is 48.9 Å². The van der Waals surface area contributed by atoms with Gasteiger partial charge in [0.1, 0.15) is 5.21 Å². The number of sulfonamides is 2. The molecule has 10 heteroatoms. The van der Waals surface area contributed by atoms with Crippen molar-refractivity contribution in [1.82, 2.24) is 4.31 Å². The molecule has 0 atom stereocenters. The molecule has 1 aromatic rings. The Labute approximate surface area is 134 Å². The van der Waals surface area contributed by atoms with E-state index in [0.29, 0.717) is 13.1 Å². The standard InChI is InChI=1S/C11H14Cl2N2O4S2/c12-8-20(16,17)14-11-7-9(3-4-10(11)13)21(18,19)15-5-1-2-6-15/h3-4,7,14H,1-2,5-6,8H2. The molecule has 1 heterocycles. The minimum absolute atomic E-state index is 0.000993. The van der Waals surface area contributed by atoms with Crippen LogP contribution in [0.15, 0.2) is 23.1 Å². The average Bonchev–Trinajstić information content (AvgIpc) is 2.95. The first-order chi connectivity index (χ1) is 9.76. The molecule has 1 aromatic carbocycles. The second-order valence-corrected chi connectivity index (χ2v) is 9.23. The first-order valence-corrected chi connectivity index (χ1v) is 10.1. The van der Waals surface area contributed by atoms with Gasteiger partial charge >= 0.3 is 0 Å². The monoisotopic (exact) mass is 372 g/mol. The number of rotatable bonds is 5. The van der Waals surface area contributed by atoms with Crippen LogP contribution >= 0.6 is 23.2 Å². The largest absolute Gasteiger partial charge is 0.281 e. The molecule has 0 saturated carbocycles. The Balaban J connectivity index is 2.39. The molecule has 1 saturated heterocycles. The van der Waals surface area contributed by atoms with Crippen molar-refractivity contribution < 1.29 is 16.8 Å². The zero-order valence-electron chi connectivity index (χ0n) is 10.9. The van der Waals surface area contributed by atoms with Gasteiger partial charge in [0.05, 0.1) is 15.6 Å². The smallest absolute Gasteiger partial charge is 0.246 e. The lowest BCUT2D eigenvalue weighted by molar-refractivity contribution is 0.477. The molecule has 0 aromatic heterocycles. The fourth-order valence-corrected chi connectivity index (χ4v) is 4.50. The van der Waals surface area contributed by atoms with Crippen LogP contribution < -0.4 is 4.72 Å². The fraction of sp³-hybridized carbons (Fsp3) is 0.455. The predicted octanol–water partition coefficient (Wildman–Crippen LogP) is 2.06. The third-order valence-electron chi connectivity index (χ3n) is 3.05. The highest BCUT2D eigenvalue weighted by molar-refractivity contribution is 7.93. The highest BCUT2D eigenvalue weighted by atomic mass is 35.5. The van der Waals surface area contributed by atoms with Crippen LogP contribution in [0.5, 0.6) is 0 Å². The van der Waals surface area contributed by atoms with Crippen LogP contribution in [0, 0.1) is 0 Å². The molecule has 118 valence electrons. The van der Waals surface area contributed by atoms with Crippen molar-refractivity contribution in [2.75, 3.05) is 23.0 Å². The topological polar surface area (TPSA) is 83.5 Å². The van der Waals surface area contributed by atoms with Gasteiger partial charge in [0, 0.05) is 13.1 Å². The molecule has 0 unspecified atom stereocenters. The molecule has 6 nitrogen and oxygen atoms in total. The van der Waals surface area contributed by atoms with Crippen LogP contribution in [0.3, 0.4) is 0 Å². The maximum Gasteiger partial charge on any atom is 0.246 e. The summed E-state index contributed by atoms with van der Waals surface area (Å²) in [7, 11) is -7.39. The van der Waals surface area contributed by atoms with Crippen molar-refractivity contribution in [1.29, 1.82) is 0 Å². The zero-order chi connectivity index (χ0) is 15.7. The summed E-state index contributed by atoms with van der Waals surface area (Å²) in [5.74, 6) is 0. The van der Waals surface area contributed by atoms with Crippen molar-refractivity contribution in [3.8, 4) is 0 Å². The van der Waals surface area contributed by atoms with Crippen LogP contribution in [0.25, 0.3) is 0 Å². The molecular formula is C11H14Cl2N2O4S2. The van der Waals surface area contributed by atoms with E-state index in [0.717, 1.165) is 12.8 Å². The highest BCUT2D eigenvalue weighted by Crippen LogP contribution is 2.29. The van der Waals surface area contributed by atoms with Crippen LogP contribution in [-0.4, -0.2) is 39.4 Å². The summed E-state index contributed by atoms with van der Waals surface area (Å²) >= 11 is 11.2. The maximum atomic E-state index is 12.4. The third kappa shape index (κ3) is 3.81. The molecule has 0 radical (unpaired) electrons. The summed E-state index contributed by atoms with van der Waals surface area (Å²) in [6, 6.07) is 3.91. The number of anilines is 1. The maximum absolute atomic E-state index is 12.4. The Kier molecular flexibility index (Phi) is 5.04. The molecule has 1 fully saturated rings. The molecule has 1 N–H and O–H groups in total. The second-order valence-electron chi connectivity index (χ2n) is 4.58. The number of alkyl halides is 1.